The van der Waals surface area contributed by atoms with Crippen molar-refractivity contribution >= 4 is 0 Å². The van der Waals surface area contributed by atoms with Crippen molar-refractivity contribution in [3.63, 3.8) is 0 Å². The third-order valence-electron chi connectivity index (χ3n) is 4.42. The van der Waals surface area contributed by atoms with Gasteiger partial charge in [-0.2, -0.15) is 0 Å². The van der Waals surface area contributed by atoms with Crippen molar-refractivity contribution in [2.75, 3.05) is 6.61 Å². The van der Waals surface area contributed by atoms with Gasteiger partial charge in [-0.15, -0.1) is 0 Å². The molecule has 0 amide bonds. The largest absolute Gasteiger partial charge is 0.376 e. The molecule has 0 bridgehead atoms. The maximum atomic E-state index is 6.18. The average Bonchev–Trinajstić information content (AvgIpc) is 2.50. The lowest BCUT2D eigenvalue weighted by Crippen LogP contribution is -2.52. The van der Waals surface area contributed by atoms with Crippen LogP contribution in [-0.4, -0.2) is 24.6 Å². The highest BCUT2D eigenvalue weighted by Gasteiger charge is 2.42. The Labute approximate surface area is 135 Å². The average molecular weight is 306 g/mol. The third kappa shape index (κ3) is 4.55. The summed E-state index contributed by atoms with van der Waals surface area (Å²) in [5.74, 6) is 0.218. The van der Waals surface area contributed by atoms with Crippen molar-refractivity contribution in [3.05, 3.63) is 35.9 Å². The minimum Gasteiger partial charge on any atom is -0.376 e. The number of hydrogen-bond acceptors (Lipinski definition) is 3. The Bertz CT molecular complexity index is 443. The Balaban J connectivity index is 1.88. The maximum absolute atomic E-state index is 6.18. The van der Waals surface area contributed by atoms with Gasteiger partial charge in [-0.25, -0.2) is 0 Å². The maximum Gasteiger partial charge on any atom is 0.163 e. The van der Waals surface area contributed by atoms with Gasteiger partial charge in [-0.1, -0.05) is 51.1 Å². The Kier molecular flexibility index (Phi) is 6.01. The molecule has 0 spiro atoms. The SMILES string of the molecule is CC[C@@H]1OC(C)(C)O[C@@H]([C@@H](C)COCc2ccccc2)[C@@H]1C. The molecule has 0 aromatic heterocycles. The zero-order valence-electron chi connectivity index (χ0n) is 14.5. The first kappa shape index (κ1) is 17.5. The summed E-state index contributed by atoms with van der Waals surface area (Å²) in [6.45, 7) is 12.0. The summed E-state index contributed by atoms with van der Waals surface area (Å²) in [7, 11) is 0. The lowest BCUT2D eigenvalue weighted by atomic mass is 9.86. The van der Waals surface area contributed by atoms with Crippen molar-refractivity contribution in [2.24, 2.45) is 11.8 Å². The highest BCUT2D eigenvalue weighted by Crippen LogP contribution is 2.35. The first-order chi connectivity index (χ1) is 10.4. The highest BCUT2D eigenvalue weighted by atomic mass is 16.7. The topological polar surface area (TPSA) is 27.7 Å². The van der Waals surface area contributed by atoms with Gasteiger partial charge in [-0.05, 0) is 25.8 Å². The van der Waals surface area contributed by atoms with Gasteiger partial charge in [0.1, 0.15) is 0 Å². The lowest BCUT2D eigenvalue weighted by Gasteiger charge is -2.46. The monoisotopic (exact) mass is 306 g/mol. The number of ether oxygens (including phenoxy) is 3. The fourth-order valence-electron chi connectivity index (χ4n) is 3.27. The Morgan fingerprint density at radius 2 is 1.86 bits per heavy atom. The zero-order chi connectivity index (χ0) is 16.2. The minimum atomic E-state index is -0.508. The summed E-state index contributed by atoms with van der Waals surface area (Å²) in [5.41, 5.74) is 1.21. The molecule has 0 N–H and O–H groups in total. The van der Waals surface area contributed by atoms with Crippen LogP contribution in [0.25, 0.3) is 0 Å². The van der Waals surface area contributed by atoms with Gasteiger partial charge >= 0.3 is 0 Å². The predicted molar refractivity (Wildman–Crippen MR) is 88.5 cm³/mol. The van der Waals surface area contributed by atoms with Crippen molar-refractivity contribution in [1.82, 2.24) is 0 Å². The smallest absolute Gasteiger partial charge is 0.163 e. The van der Waals surface area contributed by atoms with Crippen LogP contribution >= 0.6 is 0 Å². The third-order valence-corrected chi connectivity index (χ3v) is 4.42. The lowest BCUT2D eigenvalue weighted by molar-refractivity contribution is -0.328. The van der Waals surface area contributed by atoms with Crippen molar-refractivity contribution in [3.8, 4) is 0 Å². The molecule has 0 radical (unpaired) electrons. The van der Waals surface area contributed by atoms with Gasteiger partial charge in [0.05, 0.1) is 25.4 Å². The van der Waals surface area contributed by atoms with Gasteiger partial charge in [0, 0.05) is 11.8 Å². The summed E-state index contributed by atoms with van der Waals surface area (Å²) in [6.07, 6.45) is 1.44. The fraction of sp³-hybridized carbons (Fsp3) is 0.684. The molecule has 1 aromatic rings. The van der Waals surface area contributed by atoms with Crippen LogP contribution in [-0.2, 0) is 20.8 Å². The van der Waals surface area contributed by atoms with Gasteiger partial charge < -0.3 is 14.2 Å². The molecule has 2 rings (SSSR count). The second-order valence-electron chi connectivity index (χ2n) is 6.88. The van der Waals surface area contributed by atoms with Crippen LogP contribution in [0.1, 0.15) is 46.6 Å². The Hall–Kier alpha value is -0.900. The summed E-state index contributed by atoms with van der Waals surface area (Å²) in [4.78, 5) is 0. The quantitative estimate of drug-likeness (QED) is 0.779. The van der Waals surface area contributed by atoms with Crippen LogP contribution in [0.3, 0.4) is 0 Å². The molecule has 124 valence electrons. The summed E-state index contributed by atoms with van der Waals surface area (Å²) < 4.78 is 18.1. The standard InChI is InChI=1S/C19H30O3/c1-6-17-15(3)18(22-19(4,5)21-17)14(2)12-20-13-16-10-8-7-9-11-16/h7-11,14-15,17-18H,6,12-13H2,1-5H3/t14-,15+,17-,18-/m0/s1. The van der Waals surface area contributed by atoms with E-state index in [0.717, 1.165) is 6.42 Å². The van der Waals surface area contributed by atoms with Crippen LogP contribution in [0.2, 0.25) is 0 Å². The number of benzene rings is 1. The molecule has 1 aliphatic heterocycles. The normalized spacial score (nSPS) is 29.2. The van der Waals surface area contributed by atoms with Crippen molar-refractivity contribution in [2.45, 2.75) is 65.6 Å². The van der Waals surface area contributed by atoms with Gasteiger partial charge in [0.2, 0.25) is 0 Å². The van der Waals surface area contributed by atoms with Crippen LogP contribution in [0, 0.1) is 11.8 Å². The highest BCUT2D eigenvalue weighted by molar-refractivity contribution is 5.13. The van der Waals surface area contributed by atoms with Crippen LogP contribution in [0.4, 0.5) is 0 Å². The van der Waals surface area contributed by atoms with E-state index in [1.807, 2.05) is 32.0 Å². The molecular formula is C19H30O3. The van der Waals surface area contributed by atoms with E-state index < -0.39 is 5.79 Å². The van der Waals surface area contributed by atoms with Crippen molar-refractivity contribution < 1.29 is 14.2 Å². The Morgan fingerprint density at radius 1 is 1.18 bits per heavy atom. The first-order valence-electron chi connectivity index (χ1n) is 8.40. The van der Waals surface area contributed by atoms with E-state index in [1.165, 1.54) is 5.56 Å². The van der Waals surface area contributed by atoms with E-state index in [2.05, 4.69) is 32.9 Å². The van der Waals surface area contributed by atoms with E-state index in [0.29, 0.717) is 25.0 Å². The molecule has 0 unspecified atom stereocenters. The molecular weight excluding hydrogens is 276 g/mol. The second-order valence-corrected chi connectivity index (χ2v) is 6.88. The van der Waals surface area contributed by atoms with E-state index >= 15 is 0 Å². The number of rotatable bonds is 6. The first-order valence-corrected chi connectivity index (χ1v) is 8.40. The minimum absolute atomic E-state index is 0.171. The summed E-state index contributed by atoms with van der Waals surface area (Å²) in [6, 6.07) is 10.3. The molecule has 1 fully saturated rings. The van der Waals surface area contributed by atoms with Crippen molar-refractivity contribution in [1.29, 1.82) is 0 Å². The molecule has 1 saturated heterocycles. The van der Waals surface area contributed by atoms with E-state index in [-0.39, 0.29) is 12.2 Å². The molecule has 1 aromatic carbocycles. The molecule has 0 saturated carbocycles. The fourth-order valence-corrected chi connectivity index (χ4v) is 3.27. The Morgan fingerprint density at radius 3 is 2.50 bits per heavy atom. The molecule has 1 heterocycles. The van der Waals surface area contributed by atoms with Crippen LogP contribution < -0.4 is 0 Å². The zero-order valence-corrected chi connectivity index (χ0v) is 14.5. The van der Waals surface area contributed by atoms with Gasteiger partial charge in [0.25, 0.3) is 0 Å². The van der Waals surface area contributed by atoms with Crippen LogP contribution in [0.5, 0.6) is 0 Å². The molecule has 3 nitrogen and oxygen atoms in total. The summed E-state index contributed by atoms with van der Waals surface area (Å²) in [5, 5.41) is 0. The molecule has 22 heavy (non-hydrogen) atoms. The molecule has 1 aliphatic rings. The van der Waals surface area contributed by atoms with Crippen LogP contribution in [0.15, 0.2) is 30.3 Å². The van der Waals surface area contributed by atoms with Gasteiger partial charge in [-0.3, -0.25) is 0 Å². The second kappa shape index (κ2) is 7.58. The van der Waals surface area contributed by atoms with E-state index in [1.54, 1.807) is 0 Å². The molecule has 3 heteroatoms. The van der Waals surface area contributed by atoms with E-state index in [9.17, 15) is 0 Å². The predicted octanol–water partition coefficient (Wildman–Crippen LogP) is 4.41. The van der Waals surface area contributed by atoms with E-state index in [4.69, 9.17) is 14.2 Å². The molecule has 4 atom stereocenters. The number of hydrogen-bond donors (Lipinski definition) is 0. The van der Waals surface area contributed by atoms with Gasteiger partial charge in [0.15, 0.2) is 5.79 Å². The molecule has 0 aliphatic carbocycles. The summed E-state index contributed by atoms with van der Waals surface area (Å²) >= 11 is 0.